The lowest BCUT2D eigenvalue weighted by molar-refractivity contribution is 0.264. The maximum atomic E-state index is 9.57. The number of benzene rings is 2. The average Bonchev–Trinajstić information content (AvgIpc) is 2.40. The molecule has 2 rings (SSSR count). The van der Waals surface area contributed by atoms with Gasteiger partial charge in [0, 0.05) is 21.0 Å². The van der Waals surface area contributed by atoms with Crippen LogP contribution in [0.2, 0.25) is 15.1 Å². The van der Waals surface area contributed by atoms with Gasteiger partial charge < -0.3 is 5.11 Å². The molecule has 0 saturated carbocycles. The minimum absolute atomic E-state index is 0.0309. The highest BCUT2D eigenvalue weighted by Crippen LogP contribution is 2.30. The average molecular weight is 316 g/mol. The van der Waals surface area contributed by atoms with Crippen LogP contribution in [-0.2, 0) is 6.42 Å². The molecule has 1 unspecified atom stereocenters. The number of rotatable bonds is 4. The zero-order chi connectivity index (χ0) is 13.8. The molecule has 1 atom stereocenters. The minimum Gasteiger partial charge on any atom is -0.396 e. The number of hydrogen-bond donors (Lipinski definition) is 1. The van der Waals surface area contributed by atoms with E-state index >= 15 is 0 Å². The Morgan fingerprint density at radius 2 is 1.47 bits per heavy atom. The summed E-state index contributed by atoms with van der Waals surface area (Å²) >= 11 is 18.2. The second kappa shape index (κ2) is 6.62. The van der Waals surface area contributed by atoms with Crippen LogP contribution in [0.1, 0.15) is 17.0 Å². The molecule has 2 aromatic carbocycles. The van der Waals surface area contributed by atoms with Crippen molar-refractivity contribution >= 4 is 34.8 Å². The Morgan fingerprint density at radius 1 is 0.895 bits per heavy atom. The lowest BCUT2D eigenvalue weighted by Gasteiger charge is -2.16. The second-order valence-electron chi connectivity index (χ2n) is 4.34. The third-order valence-corrected chi connectivity index (χ3v) is 4.03. The fraction of sp³-hybridized carbons (Fsp3) is 0.200. The van der Waals surface area contributed by atoms with Crippen molar-refractivity contribution in [3.05, 3.63) is 68.7 Å². The molecule has 0 aliphatic rings. The summed E-state index contributed by atoms with van der Waals surface area (Å²) in [6.07, 6.45) is 0.594. The smallest absolute Gasteiger partial charge is 0.0502 e. The molecule has 2 aromatic rings. The number of aliphatic hydroxyl groups excluding tert-OH is 1. The van der Waals surface area contributed by atoms with E-state index in [1.165, 1.54) is 0 Å². The molecule has 4 heteroatoms. The summed E-state index contributed by atoms with van der Waals surface area (Å²) in [4.78, 5) is 0. The molecule has 1 N–H and O–H groups in total. The molecule has 0 heterocycles. The summed E-state index contributed by atoms with van der Waals surface area (Å²) in [6.45, 7) is 0.0309. The van der Waals surface area contributed by atoms with Gasteiger partial charge in [-0.3, -0.25) is 0 Å². The molecule has 0 spiro atoms. The normalized spacial score (nSPS) is 12.4. The standard InChI is InChI=1S/C15H13Cl3O/c16-12-6-4-10(5-7-12)11(9-19)8-13-14(17)2-1-3-15(13)18/h1-7,11,19H,8-9H2. The predicted octanol–water partition coefficient (Wildman–Crippen LogP) is 4.97. The second-order valence-corrected chi connectivity index (χ2v) is 5.59. The maximum absolute atomic E-state index is 9.57. The highest BCUT2D eigenvalue weighted by Gasteiger charge is 2.15. The summed E-state index contributed by atoms with van der Waals surface area (Å²) in [6, 6.07) is 12.9. The quantitative estimate of drug-likeness (QED) is 0.845. The molecule has 0 bridgehead atoms. The van der Waals surface area contributed by atoms with Crippen LogP contribution in [0.25, 0.3) is 0 Å². The Kier molecular flexibility index (Phi) is 5.12. The van der Waals surface area contributed by atoms with Gasteiger partial charge in [0.1, 0.15) is 0 Å². The Balaban J connectivity index is 2.26. The first-order chi connectivity index (χ1) is 9.11. The zero-order valence-electron chi connectivity index (χ0n) is 10.1. The van der Waals surface area contributed by atoms with Crippen LogP contribution in [0.5, 0.6) is 0 Å². The topological polar surface area (TPSA) is 20.2 Å². The molecule has 0 aliphatic carbocycles. The zero-order valence-corrected chi connectivity index (χ0v) is 12.4. The first kappa shape index (κ1) is 14.7. The molecule has 0 radical (unpaired) electrons. The summed E-state index contributed by atoms with van der Waals surface area (Å²) in [5, 5.41) is 11.5. The maximum Gasteiger partial charge on any atom is 0.0502 e. The fourth-order valence-electron chi connectivity index (χ4n) is 2.00. The third kappa shape index (κ3) is 3.64. The highest BCUT2D eigenvalue weighted by atomic mass is 35.5. The number of aliphatic hydroxyl groups is 1. The van der Waals surface area contributed by atoms with E-state index in [1.54, 1.807) is 12.1 Å². The molecule has 0 saturated heterocycles. The molecule has 19 heavy (non-hydrogen) atoms. The monoisotopic (exact) mass is 314 g/mol. The van der Waals surface area contributed by atoms with E-state index in [-0.39, 0.29) is 12.5 Å². The van der Waals surface area contributed by atoms with E-state index < -0.39 is 0 Å². The summed E-state index contributed by atoms with van der Waals surface area (Å²) in [7, 11) is 0. The van der Waals surface area contributed by atoms with Crippen LogP contribution in [0.15, 0.2) is 42.5 Å². The van der Waals surface area contributed by atoms with Gasteiger partial charge in [0.25, 0.3) is 0 Å². The lowest BCUT2D eigenvalue weighted by Crippen LogP contribution is -2.08. The fourth-order valence-corrected chi connectivity index (χ4v) is 2.67. The lowest BCUT2D eigenvalue weighted by atomic mass is 9.92. The number of hydrogen-bond acceptors (Lipinski definition) is 1. The summed E-state index contributed by atoms with van der Waals surface area (Å²) < 4.78 is 0. The molecule has 0 aromatic heterocycles. The Morgan fingerprint density at radius 3 is 2.00 bits per heavy atom. The van der Waals surface area contributed by atoms with Gasteiger partial charge in [-0.25, -0.2) is 0 Å². The van der Waals surface area contributed by atoms with Crippen molar-refractivity contribution in [2.24, 2.45) is 0 Å². The van der Waals surface area contributed by atoms with Crippen molar-refractivity contribution in [3.8, 4) is 0 Å². The van der Waals surface area contributed by atoms with Crippen LogP contribution >= 0.6 is 34.8 Å². The van der Waals surface area contributed by atoms with Crippen molar-refractivity contribution < 1.29 is 5.11 Å². The highest BCUT2D eigenvalue weighted by molar-refractivity contribution is 6.36. The van der Waals surface area contributed by atoms with E-state index in [0.717, 1.165) is 11.1 Å². The van der Waals surface area contributed by atoms with Crippen LogP contribution in [0, 0.1) is 0 Å². The molecular weight excluding hydrogens is 303 g/mol. The van der Waals surface area contributed by atoms with Gasteiger partial charge >= 0.3 is 0 Å². The third-order valence-electron chi connectivity index (χ3n) is 3.07. The van der Waals surface area contributed by atoms with E-state index in [4.69, 9.17) is 34.8 Å². The minimum atomic E-state index is -0.0466. The van der Waals surface area contributed by atoms with Gasteiger partial charge in [0.05, 0.1) is 6.61 Å². The van der Waals surface area contributed by atoms with Gasteiger partial charge in [-0.05, 0) is 41.8 Å². The van der Waals surface area contributed by atoms with E-state index in [2.05, 4.69) is 0 Å². The first-order valence-electron chi connectivity index (χ1n) is 5.91. The summed E-state index contributed by atoms with van der Waals surface area (Å²) in [5.41, 5.74) is 1.88. The Hall–Kier alpha value is -0.730. The largest absolute Gasteiger partial charge is 0.396 e. The van der Waals surface area contributed by atoms with Crippen LogP contribution in [-0.4, -0.2) is 11.7 Å². The van der Waals surface area contributed by atoms with Crippen molar-refractivity contribution in [2.75, 3.05) is 6.61 Å². The van der Waals surface area contributed by atoms with Gasteiger partial charge in [-0.15, -0.1) is 0 Å². The van der Waals surface area contributed by atoms with Crippen LogP contribution in [0.3, 0.4) is 0 Å². The van der Waals surface area contributed by atoms with Gasteiger partial charge in [0.15, 0.2) is 0 Å². The molecule has 1 nitrogen and oxygen atoms in total. The van der Waals surface area contributed by atoms with Crippen molar-refractivity contribution in [3.63, 3.8) is 0 Å². The molecule has 100 valence electrons. The van der Waals surface area contributed by atoms with Crippen molar-refractivity contribution in [2.45, 2.75) is 12.3 Å². The van der Waals surface area contributed by atoms with Crippen molar-refractivity contribution in [1.29, 1.82) is 0 Å². The Bertz CT molecular complexity index is 532. The van der Waals surface area contributed by atoms with Crippen molar-refractivity contribution in [1.82, 2.24) is 0 Å². The van der Waals surface area contributed by atoms with E-state index in [1.807, 2.05) is 30.3 Å². The van der Waals surface area contributed by atoms with Gasteiger partial charge in [-0.2, -0.15) is 0 Å². The Labute approximate surface area is 127 Å². The van der Waals surface area contributed by atoms with Gasteiger partial charge in [0.2, 0.25) is 0 Å². The molecule has 0 fully saturated rings. The molecule has 0 aliphatic heterocycles. The van der Waals surface area contributed by atoms with Crippen LogP contribution < -0.4 is 0 Å². The van der Waals surface area contributed by atoms with E-state index in [9.17, 15) is 5.11 Å². The number of halogens is 3. The van der Waals surface area contributed by atoms with Gasteiger partial charge in [-0.1, -0.05) is 53.0 Å². The van der Waals surface area contributed by atoms with E-state index in [0.29, 0.717) is 21.5 Å². The summed E-state index contributed by atoms with van der Waals surface area (Å²) in [5.74, 6) is -0.0466. The first-order valence-corrected chi connectivity index (χ1v) is 7.04. The molecule has 0 amide bonds. The molecular formula is C15H13Cl3O. The SMILES string of the molecule is OCC(Cc1c(Cl)cccc1Cl)c1ccc(Cl)cc1. The predicted molar refractivity (Wildman–Crippen MR) is 81.4 cm³/mol. The van der Waals surface area contributed by atoms with Crippen LogP contribution in [0.4, 0.5) is 0 Å².